The van der Waals surface area contributed by atoms with Gasteiger partial charge >= 0.3 is 12.1 Å². The Bertz CT molecular complexity index is 643. The molecule has 0 saturated heterocycles. The van der Waals surface area contributed by atoms with Crippen molar-refractivity contribution in [1.29, 1.82) is 0 Å². The number of nitrogens with zero attached hydrogens (tertiary/aromatic N) is 1. The summed E-state index contributed by atoms with van der Waals surface area (Å²) in [4.78, 5) is 25.7. The normalized spacial score (nSPS) is 11.4. The van der Waals surface area contributed by atoms with Crippen molar-refractivity contribution in [3.8, 4) is 0 Å². The van der Waals surface area contributed by atoms with Gasteiger partial charge in [-0.25, -0.2) is 9.59 Å². The van der Waals surface area contributed by atoms with E-state index in [4.69, 9.17) is 9.47 Å². The fourth-order valence-electron chi connectivity index (χ4n) is 2.18. The molecule has 0 saturated carbocycles. The lowest BCUT2D eigenvalue weighted by Crippen LogP contribution is -2.37. The van der Waals surface area contributed by atoms with Gasteiger partial charge in [-0.05, 0) is 19.1 Å². The zero-order chi connectivity index (χ0) is 16.7. The summed E-state index contributed by atoms with van der Waals surface area (Å²) in [6.45, 7) is 2.14. The zero-order valence-electron chi connectivity index (χ0n) is 13.1. The predicted molar refractivity (Wildman–Crippen MR) is 85.8 cm³/mol. The quantitative estimate of drug-likeness (QED) is 0.625. The average molecular weight is 313 g/mol. The first-order valence-electron chi connectivity index (χ1n) is 7.33. The lowest BCUT2D eigenvalue weighted by atomic mass is 10.1. The van der Waals surface area contributed by atoms with Crippen molar-refractivity contribution in [3.05, 3.63) is 71.8 Å². The first-order chi connectivity index (χ1) is 11.2. The first kappa shape index (κ1) is 16.5. The number of hydrogen-bond donors (Lipinski definition) is 0. The third-order valence-electron chi connectivity index (χ3n) is 3.35. The molecule has 5 nitrogen and oxygen atoms in total. The molecule has 0 aromatic heterocycles. The van der Waals surface area contributed by atoms with Gasteiger partial charge < -0.3 is 9.47 Å². The second kappa shape index (κ2) is 7.98. The van der Waals surface area contributed by atoms with E-state index in [1.54, 1.807) is 43.3 Å². The summed E-state index contributed by atoms with van der Waals surface area (Å²) < 4.78 is 10.4. The van der Waals surface area contributed by atoms with E-state index in [1.807, 2.05) is 24.3 Å². The van der Waals surface area contributed by atoms with Crippen molar-refractivity contribution in [1.82, 2.24) is 4.90 Å². The van der Waals surface area contributed by atoms with Crippen LogP contribution in [0.25, 0.3) is 0 Å². The molecule has 0 aliphatic heterocycles. The minimum Gasteiger partial charge on any atom is -0.453 e. The Hall–Kier alpha value is -2.82. The molecule has 0 fully saturated rings. The number of benzene rings is 2. The van der Waals surface area contributed by atoms with Crippen LogP contribution < -0.4 is 0 Å². The number of amides is 1. The average Bonchev–Trinajstić information content (AvgIpc) is 2.62. The van der Waals surface area contributed by atoms with E-state index < -0.39 is 18.3 Å². The molecule has 2 aromatic rings. The Morgan fingerprint density at radius 1 is 1.00 bits per heavy atom. The number of methoxy groups -OCH3 is 1. The molecule has 5 heteroatoms. The number of carbonyl (C=O) groups is 2. The Kier molecular flexibility index (Phi) is 5.74. The van der Waals surface area contributed by atoms with E-state index >= 15 is 0 Å². The molecular formula is C18H19NO4. The first-order valence-corrected chi connectivity index (χ1v) is 7.33. The van der Waals surface area contributed by atoms with Crippen molar-refractivity contribution in [2.45, 2.75) is 13.2 Å². The van der Waals surface area contributed by atoms with E-state index in [2.05, 4.69) is 0 Å². The molecule has 0 aliphatic carbocycles. The second-order valence-electron chi connectivity index (χ2n) is 4.79. The molecule has 1 atom stereocenters. The molecule has 0 aliphatic rings. The van der Waals surface area contributed by atoms with Crippen LogP contribution in [0.2, 0.25) is 0 Å². The van der Waals surface area contributed by atoms with Gasteiger partial charge in [-0.1, -0.05) is 48.5 Å². The molecule has 0 heterocycles. The molecular weight excluding hydrogens is 294 g/mol. The Labute approximate surface area is 135 Å². The van der Waals surface area contributed by atoms with Crippen LogP contribution in [0.5, 0.6) is 0 Å². The van der Waals surface area contributed by atoms with Gasteiger partial charge in [-0.3, -0.25) is 4.90 Å². The summed E-state index contributed by atoms with van der Waals surface area (Å²) in [7, 11) is 1.30. The summed E-state index contributed by atoms with van der Waals surface area (Å²) in [6, 6.07) is 17.8. The lowest BCUT2D eigenvalue weighted by molar-refractivity contribution is -0.0275. The van der Waals surface area contributed by atoms with Crippen LogP contribution >= 0.6 is 0 Å². The minimum absolute atomic E-state index is 0.342. The van der Waals surface area contributed by atoms with Crippen LogP contribution in [0.4, 0.5) is 4.79 Å². The summed E-state index contributed by atoms with van der Waals surface area (Å²) in [5, 5.41) is 0. The van der Waals surface area contributed by atoms with E-state index in [9.17, 15) is 9.59 Å². The minimum atomic E-state index is -0.846. The molecule has 0 radical (unpaired) electrons. The Morgan fingerprint density at radius 3 is 2.09 bits per heavy atom. The Balaban J connectivity index is 2.30. The smallest absolute Gasteiger partial charge is 0.412 e. The number of rotatable bonds is 5. The number of ether oxygens (including phenoxy) is 2. The number of hydrogen-bond acceptors (Lipinski definition) is 4. The van der Waals surface area contributed by atoms with Gasteiger partial charge in [0.2, 0.25) is 6.23 Å². The fraction of sp³-hybridized carbons (Fsp3) is 0.222. The molecule has 1 unspecified atom stereocenters. The largest absolute Gasteiger partial charge is 0.453 e. The van der Waals surface area contributed by atoms with E-state index in [1.165, 1.54) is 12.0 Å². The summed E-state index contributed by atoms with van der Waals surface area (Å²) in [5.41, 5.74) is 1.12. The predicted octanol–water partition coefficient (Wildman–Crippen LogP) is 3.63. The van der Waals surface area contributed by atoms with Crippen LogP contribution in [-0.2, 0) is 9.47 Å². The van der Waals surface area contributed by atoms with Gasteiger partial charge in [0.25, 0.3) is 0 Å². The van der Waals surface area contributed by atoms with E-state index in [-0.39, 0.29) is 0 Å². The summed E-state index contributed by atoms with van der Waals surface area (Å²) >= 11 is 0. The number of carbonyl (C=O) groups excluding carboxylic acids is 2. The van der Waals surface area contributed by atoms with Gasteiger partial charge in [0.05, 0.1) is 12.7 Å². The maximum Gasteiger partial charge on any atom is 0.412 e. The Morgan fingerprint density at radius 2 is 1.57 bits per heavy atom. The molecule has 120 valence electrons. The highest BCUT2D eigenvalue weighted by Gasteiger charge is 2.28. The number of esters is 1. The standard InChI is InChI=1S/C18H19NO4/c1-3-19(18(21)22-2)16(14-10-6-4-7-11-14)23-17(20)15-12-8-5-9-13-15/h4-13,16H,3H2,1-2H3. The summed E-state index contributed by atoms with van der Waals surface area (Å²) in [6.07, 6.45) is -1.40. The van der Waals surface area contributed by atoms with Crippen LogP contribution in [0.15, 0.2) is 60.7 Å². The van der Waals surface area contributed by atoms with Crippen molar-refractivity contribution in [2.24, 2.45) is 0 Å². The highest BCUT2D eigenvalue weighted by atomic mass is 16.6. The monoisotopic (exact) mass is 313 g/mol. The lowest BCUT2D eigenvalue weighted by Gasteiger charge is -2.29. The fourth-order valence-corrected chi connectivity index (χ4v) is 2.18. The molecule has 1 amide bonds. The van der Waals surface area contributed by atoms with Gasteiger partial charge in [-0.2, -0.15) is 0 Å². The molecule has 0 bridgehead atoms. The molecule has 2 rings (SSSR count). The van der Waals surface area contributed by atoms with Gasteiger partial charge in [0.1, 0.15) is 0 Å². The second-order valence-corrected chi connectivity index (χ2v) is 4.79. The van der Waals surface area contributed by atoms with E-state index in [0.29, 0.717) is 17.7 Å². The molecule has 0 spiro atoms. The maximum absolute atomic E-state index is 12.4. The molecule has 2 aromatic carbocycles. The van der Waals surface area contributed by atoms with Crippen molar-refractivity contribution in [2.75, 3.05) is 13.7 Å². The third kappa shape index (κ3) is 4.10. The van der Waals surface area contributed by atoms with Crippen LogP contribution in [-0.4, -0.2) is 30.6 Å². The van der Waals surface area contributed by atoms with Crippen LogP contribution in [0, 0.1) is 0 Å². The molecule has 0 N–H and O–H groups in total. The third-order valence-corrected chi connectivity index (χ3v) is 3.35. The van der Waals surface area contributed by atoms with Gasteiger partial charge in [-0.15, -0.1) is 0 Å². The topological polar surface area (TPSA) is 55.8 Å². The van der Waals surface area contributed by atoms with E-state index in [0.717, 1.165) is 0 Å². The van der Waals surface area contributed by atoms with Crippen LogP contribution in [0.1, 0.15) is 29.1 Å². The van der Waals surface area contributed by atoms with Gasteiger partial charge in [0, 0.05) is 12.1 Å². The highest BCUT2D eigenvalue weighted by molar-refractivity contribution is 5.89. The van der Waals surface area contributed by atoms with Crippen LogP contribution in [0.3, 0.4) is 0 Å². The van der Waals surface area contributed by atoms with Crippen molar-refractivity contribution in [3.63, 3.8) is 0 Å². The molecule has 23 heavy (non-hydrogen) atoms. The SMILES string of the molecule is CCN(C(=O)OC)C(OC(=O)c1ccccc1)c1ccccc1. The zero-order valence-corrected chi connectivity index (χ0v) is 13.1. The maximum atomic E-state index is 12.4. The summed E-state index contributed by atoms with van der Waals surface area (Å²) in [5.74, 6) is -0.498. The van der Waals surface area contributed by atoms with Crippen molar-refractivity contribution < 1.29 is 19.1 Å². The highest BCUT2D eigenvalue weighted by Crippen LogP contribution is 2.24. The van der Waals surface area contributed by atoms with Crippen molar-refractivity contribution >= 4 is 12.1 Å². The van der Waals surface area contributed by atoms with Gasteiger partial charge in [0.15, 0.2) is 0 Å².